The number of nitrogens with two attached hydrogens (primary N) is 1. The number of fused-ring (bicyclic) bond motifs is 2. The van der Waals surface area contributed by atoms with Gasteiger partial charge in [0.1, 0.15) is 0 Å². The summed E-state index contributed by atoms with van der Waals surface area (Å²) in [5.74, 6) is -0.181. The van der Waals surface area contributed by atoms with E-state index < -0.39 is 0 Å². The molecule has 0 spiro atoms. The summed E-state index contributed by atoms with van der Waals surface area (Å²) in [6.07, 6.45) is 0. The molecule has 0 amide bonds. The van der Waals surface area contributed by atoms with Gasteiger partial charge in [-0.3, -0.25) is 9.59 Å². The Labute approximate surface area is 119 Å². The van der Waals surface area contributed by atoms with Crippen LogP contribution in [0.25, 0.3) is 0 Å². The maximum Gasteiger partial charge on any atom is 0.195 e. The molecule has 1 aliphatic rings. The van der Waals surface area contributed by atoms with E-state index in [2.05, 4.69) is 21.7 Å². The Balaban J connectivity index is 0.000000637. The fourth-order valence-corrected chi connectivity index (χ4v) is 2.65. The first-order chi connectivity index (χ1) is 9.20. The lowest BCUT2D eigenvalue weighted by molar-refractivity contribution is 0.0978. The minimum atomic E-state index is -0.0947. The van der Waals surface area contributed by atoms with Gasteiger partial charge in [-0.05, 0) is 13.1 Å². The van der Waals surface area contributed by atoms with Gasteiger partial charge in [0.2, 0.25) is 0 Å². The van der Waals surface area contributed by atoms with Crippen LogP contribution in [-0.2, 0) is 0 Å². The summed E-state index contributed by atoms with van der Waals surface area (Å²) in [6, 6.07) is 12.2. The van der Waals surface area contributed by atoms with Gasteiger partial charge in [-0.2, -0.15) is 0 Å². The van der Waals surface area contributed by atoms with Crippen molar-refractivity contribution in [2.75, 3.05) is 7.05 Å². The van der Waals surface area contributed by atoms with Crippen LogP contribution in [0.2, 0.25) is 0 Å². The molecule has 0 saturated heterocycles. The van der Waals surface area contributed by atoms with Crippen molar-refractivity contribution in [1.82, 2.24) is 0 Å². The second kappa shape index (κ2) is 5.47. The molecule has 0 unspecified atom stereocenters. The molecule has 19 heavy (non-hydrogen) atoms. The first-order valence-electron chi connectivity index (χ1n) is 5.75. The molecule has 0 aromatic heterocycles. The number of hydrogen-bond donors (Lipinski definition) is 1. The zero-order valence-corrected chi connectivity index (χ0v) is 11.9. The molecule has 2 aromatic carbocycles. The average molecular weight is 318 g/mol. The predicted molar refractivity (Wildman–Crippen MR) is 77.6 cm³/mol. The van der Waals surface area contributed by atoms with Gasteiger partial charge in [0.15, 0.2) is 11.6 Å². The van der Waals surface area contributed by atoms with E-state index in [-0.39, 0.29) is 11.6 Å². The second-order valence-electron chi connectivity index (χ2n) is 3.87. The molecule has 0 heterocycles. The number of halogens is 1. The van der Waals surface area contributed by atoms with Crippen molar-refractivity contribution in [2.24, 2.45) is 5.73 Å². The quantitative estimate of drug-likeness (QED) is 0.693. The first-order valence-corrected chi connectivity index (χ1v) is 6.54. The Hall–Kier alpha value is -1.78. The third-order valence-electron chi connectivity index (χ3n) is 2.90. The normalized spacial score (nSPS) is 12.2. The van der Waals surface area contributed by atoms with Gasteiger partial charge in [0.25, 0.3) is 0 Å². The van der Waals surface area contributed by atoms with Crippen molar-refractivity contribution in [3.63, 3.8) is 0 Å². The second-order valence-corrected chi connectivity index (χ2v) is 4.72. The van der Waals surface area contributed by atoms with E-state index in [0.717, 1.165) is 0 Å². The SMILES string of the molecule is CN.O=C1c2ccccc2C(=O)c2c(Br)cccc21. The highest BCUT2D eigenvalue weighted by Gasteiger charge is 2.30. The van der Waals surface area contributed by atoms with Crippen LogP contribution in [0.5, 0.6) is 0 Å². The van der Waals surface area contributed by atoms with Gasteiger partial charge in [-0.1, -0.05) is 52.3 Å². The molecule has 2 aromatic rings. The number of hydrogen-bond acceptors (Lipinski definition) is 3. The van der Waals surface area contributed by atoms with E-state index in [1.54, 1.807) is 42.5 Å². The van der Waals surface area contributed by atoms with Crippen LogP contribution >= 0.6 is 15.9 Å². The monoisotopic (exact) mass is 317 g/mol. The van der Waals surface area contributed by atoms with Crippen molar-refractivity contribution in [3.8, 4) is 0 Å². The molecule has 96 valence electrons. The lowest BCUT2D eigenvalue weighted by Crippen LogP contribution is -2.21. The molecule has 1 aliphatic carbocycles. The van der Waals surface area contributed by atoms with Crippen LogP contribution in [0.1, 0.15) is 31.8 Å². The fraction of sp³-hybridized carbons (Fsp3) is 0.0667. The van der Waals surface area contributed by atoms with Crippen LogP contribution in [0.4, 0.5) is 0 Å². The third kappa shape index (κ3) is 2.13. The number of ketones is 2. The summed E-state index contributed by atoms with van der Waals surface area (Å²) in [7, 11) is 1.50. The van der Waals surface area contributed by atoms with Gasteiger partial charge in [-0.15, -0.1) is 0 Å². The summed E-state index contributed by atoms with van der Waals surface area (Å²) in [5, 5.41) is 0. The van der Waals surface area contributed by atoms with Gasteiger partial charge < -0.3 is 5.73 Å². The van der Waals surface area contributed by atoms with E-state index in [1.165, 1.54) is 7.05 Å². The number of benzene rings is 2. The molecule has 0 bridgehead atoms. The largest absolute Gasteiger partial charge is 0.333 e. The van der Waals surface area contributed by atoms with E-state index in [0.29, 0.717) is 26.7 Å². The van der Waals surface area contributed by atoms with Crippen LogP contribution in [0, 0.1) is 0 Å². The number of carbonyl (C=O) groups is 2. The maximum atomic E-state index is 12.3. The highest BCUT2D eigenvalue weighted by atomic mass is 79.9. The summed E-state index contributed by atoms with van der Waals surface area (Å²) in [4.78, 5) is 24.5. The molecule has 4 heteroatoms. The van der Waals surface area contributed by atoms with Crippen LogP contribution in [0.3, 0.4) is 0 Å². The molecule has 2 N–H and O–H groups in total. The molecule has 0 atom stereocenters. The third-order valence-corrected chi connectivity index (χ3v) is 3.56. The van der Waals surface area contributed by atoms with Crippen molar-refractivity contribution < 1.29 is 9.59 Å². The van der Waals surface area contributed by atoms with Gasteiger partial charge >= 0.3 is 0 Å². The lowest BCUT2D eigenvalue weighted by Gasteiger charge is -2.17. The minimum absolute atomic E-state index is 0.0866. The van der Waals surface area contributed by atoms with E-state index in [9.17, 15) is 9.59 Å². The summed E-state index contributed by atoms with van der Waals surface area (Å²) in [6.45, 7) is 0. The molecule has 0 fully saturated rings. The standard InChI is InChI=1S/C14H7BrO2.CH5N/c15-11-7-3-6-10-12(11)14(17)9-5-2-1-4-8(9)13(10)16;1-2/h1-7H;2H2,1H3. The molecular formula is C15H12BrNO2. The summed E-state index contributed by atoms with van der Waals surface area (Å²) in [5.41, 5.74) is 6.42. The summed E-state index contributed by atoms with van der Waals surface area (Å²) >= 11 is 3.33. The molecular weight excluding hydrogens is 306 g/mol. The van der Waals surface area contributed by atoms with E-state index >= 15 is 0 Å². The molecule has 0 saturated carbocycles. The number of carbonyl (C=O) groups excluding carboxylic acids is 2. The lowest BCUT2D eigenvalue weighted by atomic mass is 9.84. The van der Waals surface area contributed by atoms with Gasteiger partial charge in [0, 0.05) is 26.7 Å². The van der Waals surface area contributed by atoms with E-state index in [4.69, 9.17) is 0 Å². The Kier molecular flexibility index (Phi) is 3.93. The fourth-order valence-electron chi connectivity index (χ4n) is 2.10. The average Bonchev–Trinajstić information content (AvgIpc) is 2.47. The van der Waals surface area contributed by atoms with Crippen LogP contribution < -0.4 is 5.73 Å². The molecule has 0 aliphatic heterocycles. The zero-order valence-electron chi connectivity index (χ0n) is 10.3. The zero-order chi connectivity index (χ0) is 14.0. The van der Waals surface area contributed by atoms with Crippen LogP contribution in [-0.4, -0.2) is 18.6 Å². The van der Waals surface area contributed by atoms with Crippen molar-refractivity contribution in [2.45, 2.75) is 0 Å². The molecule has 3 rings (SSSR count). The molecule has 0 radical (unpaired) electrons. The van der Waals surface area contributed by atoms with Gasteiger partial charge in [-0.25, -0.2) is 0 Å². The summed E-state index contributed by atoms with van der Waals surface area (Å²) < 4.78 is 0.669. The van der Waals surface area contributed by atoms with Crippen LogP contribution in [0.15, 0.2) is 46.9 Å². The Morgan fingerprint density at radius 3 is 1.95 bits per heavy atom. The van der Waals surface area contributed by atoms with Gasteiger partial charge in [0.05, 0.1) is 0 Å². The maximum absolute atomic E-state index is 12.3. The first kappa shape index (κ1) is 13.6. The minimum Gasteiger partial charge on any atom is -0.333 e. The molecule has 3 nitrogen and oxygen atoms in total. The van der Waals surface area contributed by atoms with E-state index in [1.807, 2.05) is 0 Å². The topological polar surface area (TPSA) is 60.2 Å². The number of rotatable bonds is 0. The highest BCUT2D eigenvalue weighted by Crippen LogP contribution is 2.31. The predicted octanol–water partition coefficient (Wildman–Crippen LogP) is 2.80. The smallest absolute Gasteiger partial charge is 0.195 e. The Morgan fingerprint density at radius 2 is 1.32 bits per heavy atom. The van der Waals surface area contributed by atoms with Crippen molar-refractivity contribution in [1.29, 1.82) is 0 Å². The van der Waals surface area contributed by atoms with Crippen molar-refractivity contribution in [3.05, 3.63) is 69.2 Å². The Morgan fingerprint density at radius 1 is 0.789 bits per heavy atom. The highest BCUT2D eigenvalue weighted by molar-refractivity contribution is 9.10. The van der Waals surface area contributed by atoms with Crippen molar-refractivity contribution >= 4 is 27.5 Å². The Bertz CT molecular complexity index is 665.